The van der Waals surface area contributed by atoms with Crippen molar-refractivity contribution in [3.63, 3.8) is 0 Å². The highest BCUT2D eigenvalue weighted by Crippen LogP contribution is 2.32. The van der Waals surface area contributed by atoms with E-state index in [-0.39, 0.29) is 24.4 Å². The van der Waals surface area contributed by atoms with Crippen molar-refractivity contribution in [3.8, 4) is 0 Å². The van der Waals surface area contributed by atoms with Crippen molar-refractivity contribution in [2.75, 3.05) is 7.05 Å². The van der Waals surface area contributed by atoms with Crippen LogP contribution in [0.15, 0.2) is 48.5 Å². The number of hydrogen-bond acceptors (Lipinski definition) is 3. The summed E-state index contributed by atoms with van der Waals surface area (Å²) < 4.78 is 40.3. The molecule has 0 saturated heterocycles. The Morgan fingerprint density at radius 2 is 1.81 bits per heavy atom. The molecule has 0 aliphatic carbocycles. The smallest absolute Gasteiger partial charge is 0.341 e. The predicted molar refractivity (Wildman–Crippen MR) is 100 cm³/mol. The lowest BCUT2D eigenvalue weighted by Crippen LogP contribution is -2.27. The van der Waals surface area contributed by atoms with Crippen LogP contribution in [-0.2, 0) is 23.9 Å². The number of alkyl halides is 3. The van der Waals surface area contributed by atoms with E-state index in [0.717, 1.165) is 21.3 Å². The molecule has 0 fully saturated rings. The molecule has 142 valence electrons. The lowest BCUT2D eigenvalue weighted by atomic mass is 10.1. The second-order valence-corrected chi connectivity index (χ2v) is 7.45. The van der Waals surface area contributed by atoms with Crippen LogP contribution in [0.1, 0.15) is 29.0 Å². The van der Waals surface area contributed by atoms with Crippen molar-refractivity contribution in [2.45, 2.75) is 32.0 Å². The van der Waals surface area contributed by atoms with Crippen LogP contribution in [0.4, 0.5) is 13.2 Å². The second kappa shape index (κ2) is 8.08. The Kier molecular flexibility index (Phi) is 5.79. The zero-order valence-electron chi connectivity index (χ0n) is 14.8. The van der Waals surface area contributed by atoms with Crippen LogP contribution in [0, 0.1) is 0 Å². The van der Waals surface area contributed by atoms with Crippen LogP contribution >= 0.6 is 11.3 Å². The molecule has 0 bridgehead atoms. The summed E-state index contributed by atoms with van der Waals surface area (Å²) in [6.07, 6.45) is -2.85. The van der Waals surface area contributed by atoms with Gasteiger partial charge in [-0.3, -0.25) is 4.79 Å². The largest absolute Gasteiger partial charge is 0.416 e. The number of fused-ring (bicyclic) bond motifs is 1. The van der Waals surface area contributed by atoms with Gasteiger partial charge in [-0.15, -0.1) is 11.3 Å². The number of benzene rings is 2. The number of carbonyl (C=O) groups excluding carboxylic acids is 1. The first-order valence-electron chi connectivity index (χ1n) is 8.58. The molecular formula is C20H19F3N2OS. The van der Waals surface area contributed by atoms with E-state index < -0.39 is 11.7 Å². The molecule has 1 heterocycles. The average Bonchev–Trinajstić information content (AvgIpc) is 3.04. The van der Waals surface area contributed by atoms with E-state index in [1.54, 1.807) is 17.4 Å². The first-order chi connectivity index (χ1) is 12.8. The fraction of sp³-hybridized carbons (Fsp3) is 0.300. The maximum atomic E-state index is 13.1. The molecule has 0 unspecified atom stereocenters. The van der Waals surface area contributed by atoms with Crippen LogP contribution in [-0.4, -0.2) is 22.8 Å². The van der Waals surface area contributed by atoms with Crippen molar-refractivity contribution in [1.82, 2.24) is 9.88 Å². The van der Waals surface area contributed by atoms with E-state index in [1.807, 2.05) is 24.3 Å². The van der Waals surface area contributed by atoms with Crippen LogP contribution in [0.5, 0.6) is 0 Å². The summed E-state index contributed by atoms with van der Waals surface area (Å²) in [5, 5.41) is 0.967. The van der Waals surface area contributed by atoms with Crippen molar-refractivity contribution >= 4 is 27.5 Å². The third-order valence-electron chi connectivity index (χ3n) is 4.28. The Morgan fingerprint density at radius 3 is 2.56 bits per heavy atom. The third-order valence-corrected chi connectivity index (χ3v) is 5.37. The van der Waals surface area contributed by atoms with Crippen molar-refractivity contribution < 1.29 is 18.0 Å². The first-order valence-corrected chi connectivity index (χ1v) is 9.40. The van der Waals surface area contributed by atoms with Gasteiger partial charge in [0.15, 0.2) is 0 Å². The molecule has 0 radical (unpaired) electrons. The number of halogens is 3. The van der Waals surface area contributed by atoms with E-state index in [4.69, 9.17) is 0 Å². The molecule has 7 heteroatoms. The highest BCUT2D eigenvalue weighted by atomic mass is 32.1. The molecule has 0 aliphatic rings. The van der Waals surface area contributed by atoms with Crippen LogP contribution in [0.2, 0.25) is 0 Å². The average molecular weight is 392 g/mol. The second-order valence-electron chi connectivity index (χ2n) is 6.33. The lowest BCUT2D eigenvalue weighted by molar-refractivity contribution is -0.139. The Labute approximate surface area is 159 Å². The molecule has 27 heavy (non-hydrogen) atoms. The summed E-state index contributed by atoms with van der Waals surface area (Å²) in [5.41, 5.74) is 0.357. The molecule has 0 aliphatic heterocycles. The number of thiazole rings is 1. The van der Waals surface area contributed by atoms with Gasteiger partial charge in [0.25, 0.3) is 0 Å². The molecule has 2 aromatic carbocycles. The number of nitrogens with zero attached hydrogens (tertiary/aromatic N) is 2. The predicted octanol–water partition coefficient (Wildman–Crippen LogP) is 5.30. The van der Waals surface area contributed by atoms with E-state index >= 15 is 0 Å². The Morgan fingerprint density at radius 1 is 1.11 bits per heavy atom. The van der Waals surface area contributed by atoms with Gasteiger partial charge in [-0.1, -0.05) is 30.3 Å². The number of para-hydroxylation sites is 1. The fourth-order valence-electron chi connectivity index (χ4n) is 2.89. The zero-order valence-corrected chi connectivity index (χ0v) is 15.6. The summed E-state index contributed by atoms with van der Waals surface area (Å²) >= 11 is 1.60. The standard InChI is InChI=1S/C20H19F3N2OS/c1-25(13-14-7-2-3-8-15(14)20(21,22)23)19(26)12-6-11-18-24-16-9-4-5-10-17(16)27-18/h2-5,7-10H,6,11-13H2,1H3. The molecule has 3 nitrogen and oxygen atoms in total. The minimum absolute atomic E-state index is 0.0599. The number of carbonyl (C=O) groups is 1. The van der Waals surface area contributed by atoms with Crippen LogP contribution in [0.25, 0.3) is 10.2 Å². The minimum atomic E-state index is -4.42. The van der Waals surface area contributed by atoms with Crippen molar-refractivity contribution in [1.29, 1.82) is 0 Å². The molecular weight excluding hydrogens is 373 g/mol. The molecule has 1 aromatic heterocycles. The van der Waals surface area contributed by atoms with Gasteiger partial charge < -0.3 is 4.90 Å². The van der Waals surface area contributed by atoms with Gasteiger partial charge in [0.05, 0.1) is 20.8 Å². The number of hydrogen-bond donors (Lipinski definition) is 0. The van der Waals surface area contributed by atoms with E-state index in [1.165, 1.54) is 24.1 Å². The van der Waals surface area contributed by atoms with E-state index in [2.05, 4.69) is 4.98 Å². The normalized spacial score (nSPS) is 11.7. The lowest BCUT2D eigenvalue weighted by Gasteiger charge is -2.20. The Hall–Kier alpha value is -2.41. The van der Waals surface area contributed by atoms with Gasteiger partial charge in [-0.25, -0.2) is 4.98 Å². The van der Waals surface area contributed by atoms with E-state index in [0.29, 0.717) is 12.8 Å². The SMILES string of the molecule is CN(Cc1ccccc1C(F)(F)F)C(=O)CCCc1nc2ccccc2s1. The van der Waals surface area contributed by atoms with Gasteiger partial charge >= 0.3 is 6.18 Å². The summed E-state index contributed by atoms with van der Waals surface area (Å²) in [6, 6.07) is 13.2. The molecule has 0 saturated carbocycles. The summed E-state index contributed by atoms with van der Waals surface area (Å²) in [7, 11) is 1.53. The topological polar surface area (TPSA) is 33.2 Å². The summed E-state index contributed by atoms with van der Waals surface area (Å²) in [6.45, 7) is -0.0599. The highest BCUT2D eigenvalue weighted by molar-refractivity contribution is 7.18. The Balaban J connectivity index is 1.55. The molecule has 0 spiro atoms. The monoisotopic (exact) mass is 392 g/mol. The van der Waals surface area contributed by atoms with Crippen LogP contribution < -0.4 is 0 Å². The number of aromatic nitrogens is 1. The summed E-state index contributed by atoms with van der Waals surface area (Å²) in [5.74, 6) is -0.173. The number of amides is 1. The van der Waals surface area contributed by atoms with Gasteiger partial charge in [0.2, 0.25) is 5.91 Å². The van der Waals surface area contributed by atoms with Gasteiger partial charge in [0.1, 0.15) is 0 Å². The molecule has 0 N–H and O–H groups in total. The van der Waals surface area contributed by atoms with Crippen molar-refractivity contribution in [2.24, 2.45) is 0 Å². The van der Waals surface area contributed by atoms with Gasteiger partial charge in [-0.2, -0.15) is 13.2 Å². The maximum absolute atomic E-state index is 13.1. The highest BCUT2D eigenvalue weighted by Gasteiger charge is 2.33. The summed E-state index contributed by atoms with van der Waals surface area (Å²) in [4.78, 5) is 18.2. The first kappa shape index (κ1) is 19.4. The molecule has 1 amide bonds. The number of aryl methyl sites for hydroxylation is 1. The fourth-order valence-corrected chi connectivity index (χ4v) is 3.90. The van der Waals surface area contributed by atoms with Gasteiger partial charge in [-0.05, 0) is 36.6 Å². The molecule has 3 aromatic rings. The molecule has 0 atom stereocenters. The van der Waals surface area contributed by atoms with Gasteiger partial charge in [0, 0.05) is 20.0 Å². The zero-order chi connectivity index (χ0) is 19.4. The Bertz CT molecular complexity index is 903. The third kappa shape index (κ3) is 4.86. The van der Waals surface area contributed by atoms with Crippen molar-refractivity contribution in [3.05, 3.63) is 64.7 Å². The number of rotatable bonds is 6. The molecule has 3 rings (SSSR count). The maximum Gasteiger partial charge on any atom is 0.416 e. The van der Waals surface area contributed by atoms with E-state index in [9.17, 15) is 18.0 Å². The minimum Gasteiger partial charge on any atom is -0.341 e. The quantitative estimate of drug-likeness (QED) is 0.571. The van der Waals surface area contributed by atoms with Crippen LogP contribution in [0.3, 0.4) is 0 Å².